The van der Waals surface area contributed by atoms with Crippen LogP contribution < -0.4 is 20.5 Å². The minimum Gasteiger partial charge on any atom is -0.493 e. The van der Waals surface area contributed by atoms with Crippen LogP contribution in [0.1, 0.15) is 23.8 Å². The van der Waals surface area contributed by atoms with Crippen molar-refractivity contribution in [3.05, 3.63) is 40.6 Å². The molecule has 2 heterocycles. The van der Waals surface area contributed by atoms with E-state index in [4.69, 9.17) is 15.2 Å². The highest BCUT2D eigenvalue weighted by Gasteiger charge is 2.24. The van der Waals surface area contributed by atoms with Crippen LogP contribution in [0.4, 0.5) is 5.69 Å². The Morgan fingerprint density at radius 2 is 2.00 bits per heavy atom. The second kappa shape index (κ2) is 8.91. The molecule has 140 valence electrons. The van der Waals surface area contributed by atoms with Gasteiger partial charge in [0.25, 0.3) is 0 Å². The Morgan fingerprint density at radius 3 is 2.65 bits per heavy atom. The van der Waals surface area contributed by atoms with Gasteiger partial charge in [-0.15, -0.1) is 11.3 Å². The summed E-state index contributed by atoms with van der Waals surface area (Å²) >= 11 is 1.78. The summed E-state index contributed by atoms with van der Waals surface area (Å²) in [4.78, 5) is 8.44. The number of guanidine groups is 1. The average molecular weight is 375 g/mol. The summed E-state index contributed by atoms with van der Waals surface area (Å²) in [5.41, 5.74) is 6.94. The lowest BCUT2D eigenvalue weighted by atomic mass is 10.2. The molecule has 6 nitrogen and oxygen atoms in total. The fraction of sp³-hybridized carbons (Fsp3) is 0.421. The number of anilines is 1. The molecule has 0 bridgehead atoms. The number of benzene rings is 1. The predicted molar refractivity (Wildman–Crippen MR) is 108 cm³/mol. The van der Waals surface area contributed by atoms with Gasteiger partial charge in [0.05, 0.1) is 26.8 Å². The molecule has 0 amide bonds. The number of nitrogens with two attached hydrogens (primary N) is 1. The lowest BCUT2D eigenvalue weighted by Gasteiger charge is -2.25. The molecule has 0 saturated carbocycles. The standard InChI is InChI=1S/C19H26N4O2S/c1-24-16-8-7-14(12-17(16)25-2)22-19(20)21-13-15(18-6-5-11-26-18)23-9-3-4-10-23/h5-8,11-12,15H,3-4,9-10,13H2,1-2H3,(H3,20,21,22). The van der Waals surface area contributed by atoms with E-state index in [0.29, 0.717) is 30.0 Å². The van der Waals surface area contributed by atoms with E-state index >= 15 is 0 Å². The summed E-state index contributed by atoms with van der Waals surface area (Å²) in [5.74, 6) is 1.73. The smallest absolute Gasteiger partial charge is 0.193 e. The number of hydrogen-bond acceptors (Lipinski definition) is 5. The number of hydrogen-bond donors (Lipinski definition) is 2. The minimum absolute atomic E-state index is 0.295. The molecule has 26 heavy (non-hydrogen) atoms. The van der Waals surface area contributed by atoms with Crippen molar-refractivity contribution < 1.29 is 9.47 Å². The van der Waals surface area contributed by atoms with Gasteiger partial charge >= 0.3 is 0 Å². The Balaban J connectivity index is 1.68. The van der Waals surface area contributed by atoms with Crippen LogP contribution in [0.15, 0.2) is 40.7 Å². The molecular weight excluding hydrogens is 348 g/mol. The quantitative estimate of drug-likeness (QED) is 0.574. The largest absolute Gasteiger partial charge is 0.493 e. The summed E-state index contributed by atoms with van der Waals surface area (Å²) in [6, 6.07) is 10.1. The SMILES string of the molecule is COc1ccc(NC(N)=NCC(c2cccs2)N2CCCC2)cc1OC. The Kier molecular flexibility index (Phi) is 6.35. The van der Waals surface area contributed by atoms with Gasteiger partial charge in [-0.1, -0.05) is 6.07 Å². The summed E-state index contributed by atoms with van der Waals surface area (Å²) < 4.78 is 10.6. The molecule has 1 aromatic carbocycles. The molecular formula is C19H26N4O2S. The molecule has 1 saturated heterocycles. The Morgan fingerprint density at radius 1 is 1.23 bits per heavy atom. The third kappa shape index (κ3) is 4.47. The zero-order valence-corrected chi connectivity index (χ0v) is 16.1. The topological polar surface area (TPSA) is 72.1 Å². The van der Waals surface area contributed by atoms with E-state index in [0.717, 1.165) is 18.8 Å². The van der Waals surface area contributed by atoms with Gasteiger partial charge < -0.3 is 20.5 Å². The third-order valence-electron chi connectivity index (χ3n) is 4.54. The maximum absolute atomic E-state index is 6.12. The second-order valence-corrected chi connectivity index (χ2v) is 7.17. The molecule has 1 atom stereocenters. The molecule has 3 N–H and O–H groups in total. The first-order valence-corrected chi connectivity index (χ1v) is 9.65. The van der Waals surface area contributed by atoms with Crippen LogP contribution >= 0.6 is 11.3 Å². The first kappa shape index (κ1) is 18.5. The highest BCUT2D eigenvalue weighted by atomic mass is 32.1. The van der Waals surface area contributed by atoms with Crippen LogP contribution in [0, 0.1) is 0 Å². The molecule has 1 unspecified atom stereocenters. The van der Waals surface area contributed by atoms with E-state index in [9.17, 15) is 0 Å². The highest BCUT2D eigenvalue weighted by molar-refractivity contribution is 7.10. The summed E-state index contributed by atoms with van der Waals surface area (Å²) in [6.07, 6.45) is 2.51. The van der Waals surface area contributed by atoms with Gasteiger partial charge in [0.2, 0.25) is 0 Å². The Labute approximate surface area is 158 Å². The molecule has 3 rings (SSSR count). The van der Waals surface area contributed by atoms with Gasteiger partial charge in [0.15, 0.2) is 17.5 Å². The van der Waals surface area contributed by atoms with Crippen molar-refractivity contribution in [1.29, 1.82) is 0 Å². The number of ether oxygens (including phenoxy) is 2. The van der Waals surface area contributed by atoms with E-state index in [-0.39, 0.29) is 0 Å². The first-order chi connectivity index (χ1) is 12.7. The van der Waals surface area contributed by atoms with Crippen LogP contribution in [0.25, 0.3) is 0 Å². The number of aliphatic imine (C=N–C) groups is 1. The summed E-state index contributed by atoms with van der Waals surface area (Å²) in [6.45, 7) is 2.90. The monoisotopic (exact) mass is 374 g/mol. The lowest BCUT2D eigenvalue weighted by molar-refractivity contribution is 0.255. The van der Waals surface area contributed by atoms with E-state index in [1.54, 1.807) is 25.6 Å². The molecule has 1 aliphatic heterocycles. The predicted octanol–water partition coefficient (Wildman–Crippen LogP) is 3.33. The van der Waals surface area contributed by atoms with Gasteiger partial charge in [-0.25, -0.2) is 0 Å². The van der Waals surface area contributed by atoms with Crippen molar-refractivity contribution in [2.24, 2.45) is 10.7 Å². The van der Waals surface area contributed by atoms with Crippen molar-refractivity contribution in [3.8, 4) is 11.5 Å². The number of nitrogens with zero attached hydrogens (tertiary/aromatic N) is 2. The fourth-order valence-electron chi connectivity index (χ4n) is 3.21. The van der Waals surface area contributed by atoms with Gasteiger partial charge in [-0.2, -0.15) is 0 Å². The van der Waals surface area contributed by atoms with Crippen LogP contribution in [-0.4, -0.2) is 44.7 Å². The molecule has 1 aromatic heterocycles. The van der Waals surface area contributed by atoms with Crippen molar-refractivity contribution >= 4 is 23.0 Å². The maximum atomic E-state index is 6.12. The summed E-state index contributed by atoms with van der Waals surface area (Å²) in [7, 11) is 3.23. The van der Waals surface area contributed by atoms with Crippen LogP contribution in [0.2, 0.25) is 0 Å². The van der Waals surface area contributed by atoms with E-state index in [1.165, 1.54) is 17.7 Å². The minimum atomic E-state index is 0.295. The first-order valence-electron chi connectivity index (χ1n) is 8.77. The molecule has 0 radical (unpaired) electrons. The molecule has 0 spiro atoms. The number of nitrogens with one attached hydrogen (secondary N) is 1. The fourth-order valence-corrected chi connectivity index (χ4v) is 4.06. The van der Waals surface area contributed by atoms with Gasteiger partial charge in [-0.05, 0) is 49.5 Å². The van der Waals surface area contributed by atoms with Gasteiger partial charge in [0.1, 0.15) is 0 Å². The number of methoxy groups -OCH3 is 2. The third-order valence-corrected chi connectivity index (χ3v) is 5.52. The molecule has 1 aliphatic rings. The molecule has 0 aliphatic carbocycles. The van der Waals surface area contributed by atoms with E-state index in [1.807, 2.05) is 18.2 Å². The van der Waals surface area contributed by atoms with E-state index in [2.05, 4.69) is 32.7 Å². The molecule has 7 heteroatoms. The number of likely N-dealkylation sites (tertiary alicyclic amines) is 1. The number of rotatable bonds is 7. The van der Waals surface area contributed by atoms with Gasteiger partial charge in [0, 0.05) is 16.6 Å². The zero-order valence-electron chi connectivity index (χ0n) is 15.3. The summed E-state index contributed by atoms with van der Waals surface area (Å²) in [5, 5.41) is 5.25. The van der Waals surface area contributed by atoms with Crippen molar-refractivity contribution in [2.75, 3.05) is 39.2 Å². The normalized spacial score (nSPS) is 16.5. The van der Waals surface area contributed by atoms with E-state index < -0.39 is 0 Å². The van der Waals surface area contributed by atoms with Gasteiger partial charge in [-0.3, -0.25) is 9.89 Å². The van der Waals surface area contributed by atoms with Crippen molar-refractivity contribution in [2.45, 2.75) is 18.9 Å². The average Bonchev–Trinajstić information content (AvgIpc) is 3.36. The Hall–Kier alpha value is -2.25. The van der Waals surface area contributed by atoms with Crippen LogP contribution in [0.5, 0.6) is 11.5 Å². The highest BCUT2D eigenvalue weighted by Crippen LogP contribution is 2.30. The molecule has 2 aromatic rings. The van der Waals surface area contributed by atoms with Crippen molar-refractivity contribution in [3.63, 3.8) is 0 Å². The van der Waals surface area contributed by atoms with Crippen LogP contribution in [-0.2, 0) is 0 Å². The van der Waals surface area contributed by atoms with Crippen LogP contribution in [0.3, 0.4) is 0 Å². The zero-order chi connectivity index (χ0) is 18.4. The number of thiophene rings is 1. The lowest BCUT2D eigenvalue weighted by Crippen LogP contribution is -2.29. The Bertz CT molecular complexity index is 727. The second-order valence-electron chi connectivity index (χ2n) is 6.19. The van der Waals surface area contributed by atoms with Crippen molar-refractivity contribution in [1.82, 2.24) is 4.90 Å². The molecule has 1 fully saturated rings. The maximum Gasteiger partial charge on any atom is 0.193 e.